The van der Waals surface area contributed by atoms with Gasteiger partial charge in [0.25, 0.3) is 0 Å². The summed E-state index contributed by atoms with van der Waals surface area (Å²) in [6.45, 7) is 5.06. The number of ketones is 1. The molecule has 8 nitrogen and oxygen atoms in total. The van der Waals surface area contributed by atoms with E-state index < -0.39 is 12.6 Å². The van der Waals surface area contributed by atoms with Crippen molar-refractivity contribution >= 4 is 11.8 Å². The average Bonchev–Trinajstić information content (AvgIpc) is 3.26. The molecular formula is C21H22N2O6. The first kappa shape index (κ1) is 20.2. The molecule has 0 fully saturated rings. The topological polar surface area (TPSA) is 92.8 Å². The first-order valence-electron chi connectivity index (χ1n) is 8.91. The summed E-state index contributed by atoms with van der Waals surface area (Å²) < 4.78 is 22.6. The van der Waals surface area contributed by atoms with Crippen LogP contribution in [0.15, 0.2) is 34.9 Å². The lowest BCUT2D eigenvalue weighted by Gasteiger charge is -2.12. The van der Waals surface area contributed by atoms with Crippen LogP contribution in [0.5, 0.6) is 11.5 Å². The molecule has 0 aliphatic heterocycles. The molecule has 0 saturated carbocycles. The first-order chi connectivity index (χ1) is 13.9. The summed E-state index contributed by atoms with van der Waals surface area (Å²) >= 11 is 0. The average molecular weight is 398 g/mol. The molecule has 3 aromatic rings. The molecule has 0 atom stereocenters. The van der Waals surface area contributed by atoms with Crippen LogP contribution in [0.2, 0.25) is 0 Å². The van der Waals surface area contributed by atoms with Crippen LogP contribution in [0.1, 0.15) is 37.9 Å². The normalized spacial score (nSPS) is 10.7. The number of aromatic nitrogens is 2. The fraction of sp³-hybridized carbons (Fsp3) is 0.286. The summed E-state index contributed by atoms with van der Waals surface area (Å²) in [5.74, 6) is 0.928. The predicted octanol–water partition coefficient (Wildman–Crippen LogP) is 3.45. The Bertz CT molecular complexity index is 1060. The van der Waals surface area contributed by atoms with Crippen molar-refractivity contribution in [2.45, 2.75) is 20.8 Å². The number of Topliss-reactive ketones (excluding diaryl/α,β-unsaturated/α-hetero) is 1. The number of para-hydroxylation sites is 1. The van der Waals surface area contributed by atoms with Gasteiger partial charge in [-0.1, -0.05) is 11.2 Å². The van der Waals surface area contributed by atoms with Gasteiger partial charge in [-0.05, 0) is 39.0 Å². The zero-order valence-electron chi connectivity index (χ0n) is 16.9. The van der Waals surface area contributed by atoms with Gasteiger partial charge in [-0.3, -0.25) is 9.36 Å². The number of ether oxygens (including phenoxy) is 3. The molecule has 0 saturated heterocycles. The second-order valence-electron chi connectivity index (χ2n) is 6.46. The van der Waals surface area contributed by atoms with Crippen LogP contribution >= 0.6 is 0 Å². The second kappa shape index (κ2) is 8.22. The van der Waals surface area contributed by atoms with E-state index >= 15 is 0 Å². The standard InChI is InChI=1S/C21H22N2O6/c1-12-9-16(14(3)23(12)19-10-13(2)29-22-19)17(24)11-28-21(25)15-7-6-8-18(26-4)20(15)27-5/h6-10H,11H2,1-5H3. The number of hydrogen-bond donors (Lipinski definition) is 0. The van der Waals surface area contributed by atoms with Gasteiger partial charge in [0.05, 0.1) is 14.2 Å². The number of nitrogens with zero attached hydrogens (tertiary/aromatic N) is 2. The molecule has 2 aromatic heterocycles. The Morgan fingerprint density at radius 1 is 1.07 bits per heavy atom. The molecule has 0 amide bonds. The Labute approximate surface area is 168 Å². The summed E-state index contributed by atoms with van der Waals surface area (Å²) in [5.41, 5.74) is 2.15. The maximum absolute atomic E-state index is 12.7. The fourth-order valence-corrected chi connectivity index (χ4v) is 3.19. The van der Waals surface area contributed by atoms with Crippen LogP contribution in [0.4, 0.5) is 0 Å². The van der Waals surface area contributed by atoms with E-state index in [-0.39, 0.29) is 17.1 Å². The van der Waals surface area contributed by atoms with Crippen LogP contribution in [0.3, 0.4) is 0 Å². The van der Waals surface area contributed by atoms with Crippen LogP contribution < -0.4 is 9.47 Å². The lowest BCUT2D eigenvalue weighted by Crippen LogP contribution is -2.16. The Balaban J connectivity index is 1.78. The summed E-state index contributed by atoms with van der Waals surface area (Å²) in [7, 11) is 2.91. The van der Waals surface area contributed by atoms with Crippen molar-refractivity contribution in [1.29, 1.82) is 0 Å². The first-order valence-corrected chi connectivity index (χ1v) is 8.91. The van der Waals surface area contributed by atoms with E-state index in [0.717, 1.165) is 5.69 Å². The molecule has 0 unspecified atom stereocenters. The molecule has 8 heteroatoms. The third-order valence-electron chi connectivity index (χ3n) is 4.53. The highest BCUT2D eigenvalue weighted by molar-refractivity contribution is 6.01. The predicted molar refractivity (Wildman–Crippen MR) is 104 cm³/mol. The zero-order chi connectivity index (χ0) is 21.1. The van der Waals surface area contributed by atoms with E-state index in [4.69, 9.17) is 18.7 Å². The molecule has 0 aliphatic carbocycles. The summed E-state index contributed by atoms with van der Waals surface area (Å²) in [5, 5.41) is 4.00. The lowest BCUT2D eigenvalue weighted by molar-refractivity contribution is 0.0471. The maximum atomic E-state index is 12.7. The van der Waals surface area contributed by atoms with Gasteiger partial charge in [0.15, 0.2) is 23.9 Å². The fourth-order valence-electron chi connectivity index (χ4n) is 3.19. The van der Waals surface area contributed by atoms with Gasteiger partial charge in [-0.2, -0.15) is 0 Å². The van der Waals surface area contributed by atoms with E-state index in [0.29, 0.717) is 28.6 Å². The molecular weight excluding hydrogens is 376 g/mol. The van der Waals surface area contributed by atoms with Gasteiger partial charge >= 0.3 is 5.97 Å². The Morgan fingerprint density at radius 3 is 2.45 bits per heavy atom. The van der Waals surface area contributed by atoms with Crippen molar-refractivity contribution in [3.05, 3.63) is 58.6 Å². The molecule has 0 N–H and O–H groups in total. The van der Waals surface area contributed by atoms with Gasteiger partial charge in [0.1, 0.15) is 11.3 Å². The van der Waals surface area contributed by atoms with E-state index in [9.17, 15) is 9.59 Å². The number of benzene rings is 1. The molecule has 3 rings (SSSR count). The van der Waals surface area contributed by atoms with E-state index in [1.807, 2.05) is 11.5 Å². The van der Waals surface area contributed by atoms with Gasteiger partial charge in [-0.25, -0.2) is 4.79 Å². The van der Waals surface area contributed by atoms with Crippen molar-refractivity contribution in [3.63, 3.8) is 0 Å². The molecule has 0 bridgehead atoms. The minimum absolute atomic E-state index is 0.184. The number of esters is 1. The molecule has 0 radical (unpaired) electrons. The molecule has 152 valence electrons. The third kappa shape index (κ3) is 3.87. The van der Waals surface area contributed by atoms with Crippen LogP contribution in [-0.4, -0.2) is 42.3 Å². The largest absolute Gasteiger partial charge is 0.493 e. The minimum Gasteiger partial charge on any atom is -0.493 e. The lowest BCUT2D eigenvalue weighted by atomic mass is 10.1. The van der Waals surface area contributed by atoms with E-state index in [1.54, 1.807) is 44.2 Å². The van der Waals surface area contributed by atoms with Crippen LogP contribution in [0.25, 0.3) is 5.82 Å². The number of methoxy groups -OCH3 is 2. The smallest absolute Gasteiger partial charge is 0.342 e. The zero-order valence-corrected chi connectivity index (χ0v) is 16.9. The van der Waals surface area contributed by atoms with Crippen molar-refractivity contribution in [1.82, 2.24) is 9.72 Å². The number of aryl methyl sites for hydroxylation is 2. The quantitative estimate of drug-likeness (QED) is 0.444. The Hall–Kier alpha value is -3.55. The molecule has 0 aliphatic rings. The minimum atomic E-state index is -0.671. The van der Waals surface area contributed by atoms with E-state index in [2.05, 4.69) is 5.16 Å². The van der Waals surface area contributed by atoms with Crippen LogP contribution in [0, 0.1) is 20.8 Å². The summed E-state index contributed by atoms with van der Waals surface area (Å²) in [4.78, 5) is 25.2. The molecule has 0 spiro atoms. The van der Waals surface area contributed by atoms with Gasteiger partial charge in [0, 0.05) is 23.0 Å². The molecule has 1 aromatic carbocycles. The highest BCUT2D eigenvalue weighted by Gasteiger charge is 2.22. The number of carbonyl (C=O) groups is 2. The molecule has 29 heavy (non-hydrogen) atoms. The molecule has 2 heterocycles. The summed E-state index contributed by atoms with van der Waals surface area (Å²) in [6, 6.07) is 8.38. The number of carbonyl (C=O) groups excluding carboxylic acids is 2. The van der Waals surface area contributed by atoms with Crippen molar-refractivity contribution < 1.29 is 28.3 Å². The van der Waals surface area contributed by atoms with Crippen molar-refractivity contribution in [2.24, 2.45) is 0 Å². The highest BCUT2D eigenvalue weighted by Crippen LogP contribution is 2.31. The third-order valence-corrected chi connectivity index (χ3v) is 4.53. The number of rotatable bonds is 7. The highest BCUT2D eigenvalue weighted by atomic mass is 16.5. The van der Waals surface area contributed by atoms with Crippen molar-refractivity contribution in [2.75, 3.05) is 20.8 Å². The van der Waals surface area contributed by atoms with E-state index in [1.165, 1.54) is 14.2 Å². The summed E-state index contributed by atoms with van der Waals surface area (Å²) in [6.07, 6.45) is 0. The second-order valence-corrected chi connectivity index (χ2v) is 6.46. The van der Waals surface area contributed by atoms with Gasteiger partial charge in [0.2, 0.25) is 5.78 Å². The monoisotopic (exact) mass is 398 g/mol. The van der Waals surface area contributed by atoms with Gasteiger partial charge in [-0.15, -0.1) is 0 Å². The van der Waals surface area contributed by atoms with Crippen molar-refractivity contribution in [3.8, 4) is 17.3 Å². The Morgan fingerprint density at radius 2 is 1.83 bits per heavy atom. The number of hydrogen-bond acceptors (Lipinski definition) is 7. The van der Waals surface area contributed by atoms with Crippen LogP contribution in [-0.2, 0) is 4.74 Å². The van der Waals surface area contributed by atoms with Gasteiger partial charge < -0.3 is 18.7 Å². The SMILES string of the molecule is COc1cccc(C(=O)OCC(=O)c2cc(C)n(-c3cc(C)on3)c2C)c1OC. The Kier molecular flexibility index (Phi) is 5.72. The maximum Gasteiger partial charge on any atom is 0.342 e.